The number of anilines is 1. The van der Waals surface area contributed by atoms with Crippen LogP contribution >= 0.6 is 15.9 Å². The molecular formula is C14H16BrN3O2. The van der Waals surface area contributed by atoms with Gasteiger partial charge in [0.2, 0.25) is 0 Å². The van der Waals surface area contributed by atoms with Gasteiger partial charge in [-0.15, -0.1) is 0 Å². The number of ether oxygens (including phenoxy) is 1. The van der Waals surface area contributed by atoms with Crippen molar-refractivity contribution in [1.82, 2.24) is 9.78 Å². The summed E-state index contributed by atoms with van der Waals surface area (Å²) in [4.78, 5) is 12.4. The predicted molar refractivity (Wildman–Crippen MR) is 81.3 cm³/mol. The second-order valence-electron chi connectivity index (χ2n) is 4.47. The van der Waals surface area contributed by atoms with E-state index < -0.39 is 0 Å². The quantitative estimate of drug-likeness (QED) is 0.936. The molecular weight excluding hydrogens is 322 g/mol. The maximum absolute atomic E-state index is 12.4. The molecule has 106 valence electrons. The van der Waals surface area contributed by atoms with Crippen molar-refractivity contribution in [2.24, 2.45) is 7.05 Å². The van der Waals surface area contributed by atoms with E-state index in [1.165, 1.54) is 0 Å². The first-order valence-electron chi connectivity index (χ1n) is 6.09. The fraction of sp³-hybridized carbons (Fsp3) is 0.286. The number of aromatic nitrogens is 2. The third-order valence-corrected chi connectivity index (χ3v) is 3.85. The maximum Gasteiger partial charge on any atom is 0.259 e. The zero-order valence-corrected chi connectivity index (χ0v) is 13.4. The van der Waals surface area contributed by atoms with Crippen molar-refractivity contribution in [3.8, 4) is 5.75 Å². The highest BCUT2D eigenvalue weighted by molar-refractivity contribution is 9.10. The highest BCUT2D eigenvalue weighted by Gasteiger charge is 2.18. The number of benzene rings is 1. The van der Waals surface area contributed by atoms with Gasteiger partial charge in [-0.2, -0.15) is 5.10 Å². The van der Waals surface area contributed by atoms with E-state index in [1.54, 1.807) is 17.9 Å². The summed E-state index contributed by atoms with van der Waals surface area (Å²) in [6.45, 7) is 3.69. The molecule has 0 saturated heterocycles. The minimum absolute atomic E-state index is 0.179. The summed E-state index contributed by atoms with van der Waals surface area (Å²) in [5.74, 6) is 0.505. The molecule has 0 aliphatic heterocycles. The van der Waals surface area contributed by atoms with Crippen molar-refractivity contribution in [1.29, 1.82) is 0 Å². The number of hydrogen-bond donors (Lipinski definition) is 1. The van der Waals surface area contributed by atoms with E-state index in [0.29, 0.717) is 22.7 Å². The molecule has 1 aromatic carbocycles. The topological polar surface area (TPSA) is 56.1 Å². The first-order chi connectivity index (χ1) is 9.43. The summed E-state index contributed by atoms with van der Waals surface area (Å²) in [5, 5.41) is 7.13. The second-order valence-corrected chi connectivity index (χ2v) is 5.32. The zero-order valence-electron chi connectivity index (χ0n) is 11.8. The first kappa shape index (κ1) is 14.6. The van der Waals surface area contributed by atoms with Crippen molar-refractivity contribution in [2.45, 2.75) is 13.8 Å². The third kappa shape index (κ3) is 2.70. The Morgan fingerprint density at radius 2 is 2.10 bits per heavy atom. The lowest BCUT2D eigenvalue weighted by Crippen LogP contribution is -2.14. The van der Waals surface area contributed by atoms with E-state index >= 15 is 0 Å². The van der Waals surface area contributed by atoms with Crippen molar-refractivity contribution in [3.05, 3.63) is 39.6 Å². The summed E-state index contributed by atoms with van der Waals surface area (Å²) in [6.07, 6.45) is 0. The Morgan fingerprint density at radius 1 is 1.40 bits per heavy atom. The van der Waals surface area contributed by atoms with Gasteiger partial charge in [-0.3, -0.25) is 9.48 Å². The summed E-state index contributed by atoms with van der Waals surface area (Å²) < 4.78 is 7.66. The minimum Gasteiger partial charge on any atom is -0.497 e. The highest BCUT2D eigenvalue weighted by Crippen LogP contribution is 2.28. The van der Waals surface area contributed by atoms with Gasteiger partial charge in [0.15, 0.2) is 0 Å². The van der Waals surface area contributed by atoms with Crippen LogP contribution in [0.4, 0.5) is 5.69 Å². The Labute approximate surface area is 126 Å². The fourth-order valence-electron chi connectivity index (χ4n) is 2.01. The Morgan fingerprint density at radius 3 is 2.65 bits per heavy atom. The third-order valence-electron chi connectivity index (χ3n) is 3.16. The van der Waals surface area contributed by atoms with Gasteiger partial charge >= 0.3 is 0 Å². The van der Waals surface area contributed by atoms with Gasteiger partial charge in [-0.05, 0) is 41.9 Å². The fourth-order valence-corrected chi connectivity index (χ4v) is 2.36. The molecule has 0 bridgehead atoms. The molecule has 6 heteroatoms. The van der Waals surface area contributed by atoms with Crippen LogP contribution in [0.5, 0.6) is 5.75 Å². The van der Waals surface area contributed by atoms with Crippen molar-refractivity contribution < 1.29 is 9.53 Å². The molecule has 0 aliphatic rings. The number of carbonyl (C=O) groups excluding carboxylic acids is 1. The summed E-state index contributed by atoms with van der Waals surface area (Å²) in [5.41, 5.74) is 2.81. The van der Waals surface area contributed by atoms with Gasteiger partial charge < -0.3 is 10.1 Å². The lowest BCUT2D eigenvalue weighted by Gasteiger charge is -2.09. The number of methoxy groups -OCH3 is 1. The van der Waals surface area contributed by atoms with Crippen molar-refractivity contribution in [3.63, 3.8) is 0 Å². The van der Waals surface area contributed by atoms with E-state index in [9.17, 15) is 4.79 Å². The number of halogens is 1. The molecule has 20 heavy (non-hydrogen) atoms. The van der Waals surface area contributed by atoms with Crippen LogP contribution in [0, 0.1) is 13.8 Å². The highest BCUT2D eigenvalue weighted by atomic mass is 79.9. The molecule has 0 spiro atoms. The predicted octanol–water partition coefficient (Wildman–Crippen LogP) is 3.06. The molecule has 0 aliphatic carbocycles. The van der Waals surface area contributed by atoms with Crippen LogP contribution in [0.1, 0.15) is 21.7 Å². The van der Waals surface area contributed by atoms with Gasteiger partial charge in [0.1, 0.15) is 5.75 Å². The molecule has 2 rings (SSSR count). The molecule has 0 fully saturated rings. The Kier molecular flexibility index (Phi) is 4.13. The number of carbonyl (C=O) groups is 1. The van der Waals surface area contributed by atoms with Gasteiger partial charge in [0.25, 0.3) is 5.91 Å². The van der Waals surface area contributed by atoms with Crippen LogP contribution in [0.25, 0.3) is 0 Å². The molecule has 5 nitrogen and oxygen atoms in total. The maximum atomic E-state index is 12.4. The Balaban J connectivity index is 2.32. The first-order valence-corrected chi connectivity index (χ1v) is 6.88. The normalized spacial score (nSPS) is 10.4. The number of nitrogens with zero attached hydrogens (tertiary/aromatic N) is 2. The molecule has 1 amide bonds. The second kappa shape index (κ2) is 5.66. The lowest BCUT2D eigenvalue weighted by molar-refractivity contribution is 0.102. The van der Waals surface area contributed by atoms with Gasteiger partial charge in [-0.1, -0.05) is 0 Å². The number of nitrogens with one attached hydrogen (secondary N) is 1. The summed E-state index contributed by atoms with van der Waals surface area (Å²) >= 11 is 3.41. The standard InChI is InChI=1S/C14H16BrN3O2/c1-8-13(9(2)18(3)17-8)14(19)16-12-7-10(20-4)5-6-11(12)15/h5-7H,1-4H3,(H,16,19). The molecule has 1 N–H and O–H groups in total. The van der Waals surface area contributed by atoms with E-state index in [-0.39, 0.29) is 5.91 Å². The number of aryl methyl sites for hydroxylation is 2. The molecule has 1 aromatic heterocycles. The largest absolute Gasteiger partial charge is 0.497 e. The van der Waals surface area contributed by atoms with Crippen LogP contribution < -0.4 is 10.1 Å². The van der Waals surface area contributed by atoms with Crippen LogP contribution in [0.3, 0.4) is 0 Å². The Bertz CT molecular complexity index is 665. The monoisotopic (exact) mass is 337 g/mol. The van der Waals surface area contributed by atoms with Crippen LogP contribution in [-0.2, 0) is 7.05 Å². The minimum atomic E-state index is -0.179. The molecule has 0 atom stereocenters. The van der Waals surface area contributed by atoms with Crippen LogP contribution in [-0.4, -0.2) is 22.8 Å². The lowest BCUT2D eigenvalue weighted by atomic mass is 10.2. The van der Waals surface area contributed by atoms with Crippen LogP contribution in [0.15, 0.2) is 22.7 Å². The van der Waals surface area contributed by atoms with E-state index in [2.05, 4.69) is 26.3 Å². The van der Waals surface area contributed by atoms with Crippen molar-refractivity contribution in [2.75, 3.05) is 12.4 Å². The SMILES string of the molecule is COc1ccc(Br)c(NC(=O)c2c(C)nn(C)c2C)c1. The smallest absolute Gasteiger partial charge is 0.259 e. The average molecular weight is 338 g/mol. The van der Waals surface area contributed by atoms with E-state index in [4.69, 9.17) is 4.74 Å². The van der Waals surface area contributed by atoms with E-state index in [0.717, 1.165) is 10.2 Å². The zero-order chi connectivity index (χ0) is 14.9. The van der Waals surface area contributed by atoms with Gasteiger partial charge in [0.05, 0.1) is 24.1 Å². The number of rotatable bonds is 3. The molecule has 1 heterocycles. The van der Waals surface area contributed by atoms with E-state index in [1.807, 2.05) is 33.0 Å². The summed E-state index contributed by atoms with van der Waals surface area (Å²) in [7, 11) is 3.41. The van der Waals surface area contributed by atoms with Gasteiger partial charge in [0, 0.05) is 23.3 Å². The molecule has 0 saturated carbocycles. The van der Waals surface area contributed by atoms with Crippen LogP contribution in [0.2, 0.25) is 0 Å². The summed E-state index contributed by atoms with van der Waals surface area (Å²) in [6, 6.07) is 5.42. The molecule has 0 unspecified atom stereocenters. The Hall–Kier alpha value is -1.82. The van der Waals surface area contributed by atoms with Gasteiger partial charge in [-0.25, -0.2) is 0 Å². The molecule has 0 radical (unpaired) electrons. The van der Waals surface area contributed by atoms with Crippen molar-refractivity contribution >= 4 is 27.5 Å². The number of hydrogen-bond acceptors (Lipinski definition) is 3. The average Bonchev–Trinajstić information content (AvgIpc) is 2.66. The molecule has 2 aromatic rings. The number of amides is 1.